The molecule has 0 atom stereocenters. The zero-order chi connectivity index (χ0) is 12.4. The van der Waals surface area contributed by atoms with E-state index in [-0.39, 0.29) is 11.4 Å². The highest BCUT2D eigenvalue weighted by atomic mass is 79.9. The summed E-state index contributed by atoms with van der Waals surface area (Å²) in [6, 6.07) is 6.62. The minimum Gasteiger partial charge on any atom is -0.505 e. The number of hydrogen-bond acceptors (Lipinski definition) is 3. The van der Waals surface area contributed by atoms with Crippen molar-refractivity contribution in [2.45, 2.75) is 0 Å². The number of phenolic OH excluding ortho intramolecular Hbond substituents is 1. The number of halogens is 2. The average Bonchev–Trinajstić information content (AvgIpc) is 2.70. The van der Waals surface area contributed by atoms with Crippen molar-refractivity contribution in [1.29, 1.82) is 0 Å². The van der Waals surface area contributed by atoms with Crippen LogP contribution in [0, 0.1) is 5.82 Å². The van der Waals surface area contributed by atoms with Crippen LogP contribution in [0.1, 0.15) is 10.6 Å². The summed E-state index contributed by atoms with van der Waals surface area (Å²) >= 11 is 3.07. The summed E-state index contributed by atoms with van der Waals surface area (Å²) in [5.41, 5.74) is 0.234. The molecule has 0 spiro atoms. The van der Waals surface area contributed by atoms with Gasteiger partial charge in [0.25, 0.3) is 5.91 Å². The summed E-state index contributed by atoms with van der Waals surface area (Å²) in [6.45, 7) is 0. The Morgan fingerprint density at radius 1 is 1.35 bits per heavy atom. The molecule has 1 aromatic heterocycles. The Morgan fingerprint density at radius 3 is 2.71 bits per heavy atom. The first-order valence-electron chi connectivity index (χ1n) is 4.61. The fraction of sp³-hybridized carbons (Fsp3) is 0. The molecule has 0 aliphatic carbocycles. The number of carbonyl (C=O) groups is 1. The maximum absolute atomic E-state index is 13.0. The predicted octanol–water partition coefficient (Wildman–Crippen LogP) is 3.14. The maximum Gasteiger partial charge on any atom is 0.291 e. The number of phenols is 1. The minimum atomic E-state index is -0.802. The first-order chi connectivity index (χ1) is 8.06. The van der Waals surface area contributed by atoms with Crippen LogP contribution in [0.15, 0.2) is 39.4 Å². The highest BCUT2D eigenvalue weighted by Gasteiger charge is 2.11. The van der Waals surface area contributed by atoms with Gasteiger partial charge in [0.15, 0.2) is 22.0 Å². The number of aromatic hydroxyl groups is 1. The molecule has 1 heterocycles. The Hall–Kier alpha value is -1.82. The summed E-state index contributed by atoms with van der Waals surface area (Å²) in [5.74, 6) is -1.67. The molecule has 2 N–H and O–H groups in total. The summed E-state index contributed by atoms with van der Waals surface area (Å²) in [6.07, 6.45) is 0. The van der Waals surface area contributed by atoms with E-state index < -0.39 is 17.5 Å². The van der Waals surface area contributed by atoms with Crippen LogP contribution in [0.5, 0.6) is 5.75 Å². The number of benzene rings is 1. The Labute approximate surface area is 104 Å². The largest absolute Gasteiger partial charge is 0.505 e. The van der Waals surface area contributed by atoms with E-state index in [9.17, 15) is 9.18 Å². The molecule has 4 nitrogen and oxygen atoms in total. The van der Waals surface area contributed by atoms with E-state index in [2.05, 4.69) is 21.2 Å². The summed E-state index contributed by atoms with van der Waals surface area (Å²) in [5, 5.41) is 11.4. The monoisotopic (exact) mass is 299 g/mol. The lowest BCUT2D eigenvalue weighted by atomic mass is 10.3. The summed E-state index contributed by atoms with van der Waals surface area (Å²) in [4.78, 5) is 11.6. The summed E-state index contributed by atoms with van der Waals surface area (Å²) in [7, 11) is 0. The van der Waals surface area contributed by atoms with Crippen molar-refractivity contribution >= 4 is 27.5 Å². The number of anilines is 1. The quantitative estimate of drug-likeness (QED) is 0.838. The molecular weight excluding hydrogens is 293 g/mol. The standard InChI is InChI=1S/C11H7BrFNO3/c12-10-4-3-9(17-10)11(16)14-6-1-2-8(15)7(13)5-6/h1-5,15H,(H,14,16). The third-order valence-corrected chi connectivity index (χ3v) is 2.43. The number of furan rings is 1. The van der Waals surface area contributed by atoms with Crippen molar-refractivity contribution in [2.75, 3.05) is 5.32 Å². The van der Waals surface area contributed by atoms with E-state index in [1.54, 1.807) is 6.07 Å². The smallest absolute Gasteiger partial charge is 0.291 e. The molecule has 1 aromatic carbocycles. The van der Waals surface area contributed by atoms with Gasteiger partial charge in [-0.05, 0) is 40.2 Å². The van der Waals surface area contributed by atoms with Crippen molar-refractivity contribution in [2.24, 2.45) is 0 Å². The van der Waals surface area contributed by atoms with E-state index in [4.69, 9.17) is 9.52 Å². The van der Waals surface area contributed by atoms with Crippen LogP contribution in [-0.2, 0) is 0 Å². The molecule has 1 amide bonds. The number of carbonyl (C=O) groups excluding carboxylic acids is 1. The van der Waals surface area contributed by atoms with Gasteiger partial charge in [0.05, 0.1) is 0 Å². The SMILES string of the molecule is O=C(Nc1ccc(O)c(F)c1)c1ccc(Br)o1. The normalized spacial score (nSPS) is 10.2. The van der Waals surface area contributed by atoms with Gasteiger partial charge in [-0.1, -0.05) is 0 Å². The van der Waals surface area contributed by atoms with Crippen molar-refractivity contribution < 1.29 is 18.7 Å². The van der Waals surface area contributed by atoms with Crippen molar-refractivity contribution in [3.63, 3.8) is 0 Å². The molecule has 0 fully saturated rings. The minimum absolute atomic E-state index is 0.102. The van der Waals surface area contributed by atoms with Gasteiger partial charge in [-0.15, -0.1) is 0 Å². The van der Waals surface area contributed by atoms with Crippen LogP contribution >= 0.6 is 15.9 Å². The fourth-order valence-corrected chi connectivity index (χ4v) is 1.52. The van der Waals surface area contributed by atoms with E-state index in [1.165, 1.54) is 12.1 Å². The van der Waals surface area contributed by atoms with E-state index in [0.29, 0.717) is 4.67 Å². The lowest BCUT2D eigenvalue weighted by Gasteiger charge is -2.03. The zero-order valence-electron chi connectivity index (χ0n) is 8.41. The third-order valence-electron chi connectivity index (χ3n) is 2.00. The van der Waals surface area contributed by atoms with E-state index >= 15 is 0 Å². The van der Waals surface area contributed by atoms with Gasteiger partial charge in [0.2, 0.25) is 0 Å². The predicted molar refractivity (Wildman–Crippen MR) is 62.4 cm³/mol. The number of rotatable bonds is 2. The number of hydrogen-bond donors (Lipinski definition) is 2. The third kappa shape index (κ3) is 2.65. The lowest BCUT2D eigenvalue weighted by Crippen LogP contribution is -2.10. The second kappa shape index (κ2) is 4.58. The van der Waals surface area contributed by atoms with Crippen LogP contribution in [0.3, 0.4) is 0 Å². The van der Waals surface area contributed by atoms with Crippen molar-refractivity contribution in [3.8, 4) is 5.75 Å². The maximum atomic E-state index is 13.0. The first-order valence-corrected chi connectivity index (χ1v) is 5.41. The number of nitrogens with one attached hydrogen (secondary N) is 1. The van der Waals surface area contributed by atoms with Crippen molar-refractivity contribution in [3.05, 3.63) is 46.6 Å². The van der Waals surface area contributed by atoms with Crippen LogP contribution in [-0.4, -0.2) is 11.0 Å². The highest BCUT2D eigenvalue weighted by Crippen LogP contribution is 2.20. The highest BCUT2D eigenvalue weighted by molar-refractivity contribution is 9.10. The van der Waals surface area contributed by atoms with E-state index in [0.717, 1.165) is 12.1 Å². The molecule has 0 aliphatic rings. The molecular formula is C11H7BrFNO3. The molecule has 2 aromatic rings. The lowest BCUT2D eigenvalue weighted by molar-refractivity contribution is 0.0995. The van der Waals surface area contributed by atoms with Crippen LogP contribution in [0.4, 0.5) is 10.1 Å². The zero-order valence-corrected chi connectivity index (χ0v) is 9.99. The van der Waals surface area contributed by atoms with E-state index in [1.807, 2.05) is 0 Å². The van der Waals surface area contributed by atoms with Crippen LogP contribution in [0.2, 0.25) is 0 Å². The van der Waals surface area contributed by atoms with Gasteiger partial charge < -0.3 is 14.8 Å². The molecule has 88 valence electrons. The molecule has 6 heteroatoms. The Kier molecular flexibility index (Phi) is 3.14. The number of amides is 1. The Bertz CT molecular complexity index is 568. The molecule has 0 saturated carbocycles. The Morgan fingerprint density at radius 2 is 2.12 bits per heavy atom. The average molecular weight is 300 g/mol. The van der Waals surface area contributed by atoms with Gasteiger partial charge in [-0.25, -0.2) is 4.39 Å². The first kappa shape index (κ1) is 11.7. The molecule has 0 bridgehead atoms. The van der Waals surface area contributed by atoms with Gasteiger partial charge in [-0.2, -0.15) is 0 Å². The topological polar surface area (TPSA) is 62.5 Å². The molecule has 2 rings (SSSR count). The fourth-order valence-electron chi connectivity index (χ4n) is 1.21. The summed E-state index contributed by atoms with van der Waals surface area (Å²) < 4.78 is 18.5. The molecule has 0 aliphatic heterocycles. The Balaban J connectivity index is 2.15. The van der Waals surface area contributed by atoms with Crippen LogP contribution < -0.4 is 5.32 Å². The van der Waals surface area contributed by atoms with Gasteiger partial charge >= 0.3 is 0 Å². The van der Waals surface area contributed by atoms with Gasteiger partial charge in [0, 0.05) is 11.8 Å². The van der Waals surface area contributed by atoms with Gasteiger partial charge in [-0.3, -0.25) is 4.79 Å². The molecule has 0 radical (unpaired) electrons. The molecule has 0 saturated heterocycles. The second-order valence-corrected chi connectivity index (χ2v) is 4.01. The van der Waals surface area contributed by atoms with Crippen molar-refractivity contribution in [1.82, 2.24) is 0 Å². The van der Waals surface area contributed by atoms with Crippen LogP contribution in [0.25, 0.3) is 0 Å². The second-order valence-electron chi connectivity index (χ2n) is 3.22. The molecule has 17 heavy (non-hydrogen) atoms. The van der Waals surface area contributed by atoms with Gasteiger partial charge in [0.1, 0.15) is 0 Å². The molecule has 0 unspecified atom stereocenters.